The summed E-state index contributed by atoms with van der Waals surface area (Å²) in [5, 5.41) is 19.0. The highest BCUT2D eigenvalue weighted by atomic mass is 19.1. The minimum atomic E-state index is -1.41. The first-order valence-corrected chi connectivity index (χ1v) is 4.27. The molecule has 1 N–H and O–H groups in total. The first-order valence-electron chi connectivity index (χ1n) is 4.27. The molecule has 6 heteroatoms. The topological polar surface area (TPSA) is 80.4 Å². The van der Waals surface area contributed by atoms with Crippen molar-refractivity contribution >= 4 is 12.0 Å². The minimum absolute atomic E-state index is 0.150. The van der Waals surface area contributed by atoms with Crippen LogP contribution in [0.1, 0.15) is 22.8 Å². The molecule has 0 amide bonds. The lowest BCUT2D eigenvalue weighted by Crippen LogP contribution is -2.01. The fourth-order valence-corrected chi connectivity index (χ4v) is 1.09. The van der Waals surface area contributed by atoms with Gasteiger partial charge in [-0.1, -0.05) is 6.07 Å². The summed E-state index contributed by atoms with van der Waals surface area (Å²) in [6, 6.07) is 3.28. The second-order valence-corrected chi connectivity index (χ2v) is 3.09. The van der Waals surface area contributed by atoms with E-state index in [1.807, 2.05) is 0 Å². The zero-order chi connectivity index (χ0) is 12.3. The zero-order valence-corrected chi connectivity index (χ0v) is 8.31. The van der Waals surface area contributed by atoms with Gasteiger partial charge in [-0.15, -0.1) is 0 Å². The third-order valence-corrected chi connectivity index (χ3v) is 1.88. The maximum Gasteiger partial charge on any atom is 0.338 e. The molecule has 0 bridgehead atoms. The Balaban J connectivity index is 3.18. The molecule has 0 radical (unpaired) electrons. The lowest BCUT2D eigenvalue weighted by Gasteiger charge is -1.99. The quantitative estimate of drug-likeness (QED) is 0.631. The number of benzene rings is 1. The molecule has 0 saturated carbocycles. The Labute approximate surface area is 90.0 Å². The van der Waals surface area contributed by atoms with E-state index >= 15 is 0 Å². The van der Waals surface area contributed by atoms with Gasteiger partial charge in [-0.05, 0) is 17.7 Å². The van der Waals surface area contributed by atoms with Crippen molar-refractivity contribution in [3.05, 3.63) is 51.0 Å². The Bertz CT molecular complexity index is 482. The van der Waals surface area contributed by atoms with E-state index in [0.717, 1.165) is 12.1 Å². The lowest BCUT2D eigenvalue weighted by atomic mass is 10.1. The maximum absolute atomic E-state index is 13.0. The molecule has 1 aromatic rings. The number of carboxylic acids is 1. The van der Waals surface area contributed by atoms with E-state index in [-0.39, 0.29) is 11.3 Å². The third-order valence-electron chi connectivity index (χ3n) is 1.88. The van der Waals surface area contributed by atoms with Crippen molar-refractivity contribution < 1.29 is 19.2 Å². The number of hydrogen-bond acceptors (Lipinski definition) is 3. The largest absolute Gasteiger partial charge is 0.478 e. The van der Waals surface area contributed by atoms with E-state index in [1.54, 1.807) is 0 Å². The molecule has 0 aromatic heterocycles. The summed E-state index contributed by atoms with van der Waals surface area (Å²) in [5.74, 6) is -2.28. The molecular weight excluding hydrogens is 217 g/mol. The van der Waals surface area contributed by atoms with Gasteiger partial charge >= 0.3 is 5.97 Å². The molecule has 0 spiro atoms. The van der Waals surface area contributed by atoms with Gasteiger partial charge in [-0.2, -0.15) is 0 Å². The predicted octanol–water partition coefficient (Wildman–Crippen LogP) is 2.16. The first kappa shape index (κ1) is 11.8. The Morgan fingerprint density at radius 1 is 1.56 bits per heavy atom. The van der Waals surface area contributed by atoms with Crippen molar-refractivity contribution in [3.8, 4) is 0 Å². The van der Waals surface area contributed by atoms with Crippen LogP contribution < -0.4 is 0 Å². The normalized spacial score (nSPS) is 11.2. The molecule has 0 unspecified atom stereocenters. The van der Waals surface area contributed by atoms with E-state index in [2.05, 4.69) is 0 Å². The van der Waals surface area contributed by atoms with Crippen LogP contribution in [0.25, 0.3) is 6.08 Å². The summed E-state index contributed by atoms with van der Waals surface area (Å²) in [7, 11) is 0. The van der Waals surface area contributed by atoms with Gasteiger partial charge in [-0.3, -0.25) is 10.1 Å². The highest BCUT2D eigenvalue weighted by molar-refractivity contribution is 5.88. The van der Waals surface area contributed by atoms with Crippen molar-refractivity contribution in [2.75, 3.05) is 0 Å². The van der Waals surface area contributed by atoms with Gasteiger partial charge < -0.3 is 5.11 Å². The van der Waals surface area contributed by atoms with Crippen LogP contribution in [0.5, 0.6) is 0 Å². The van der Waals surface area contributed by atoms with E-state index in [0.29, 0.717) is 0 Å². The van der Waals surface area contributed by atoms with E-state index in [4.69, 9.17) is 5.11 Å². The Morgan fingerprint density at radius 2 is 2.19 bits per heavy atom. The fraction of sp³-hybridized carbons (Fsp3) is 0.100. The van der Waals surface area contributed by atoms with Gasteiger partial charge in [-0.25, -0.2) is 9.18 Å². The van der Waals surface area contributed by atoms with Gasteiger partial charge in [0, 0.05) is 13.0 Å². The molecule has 0 aliphatic heterocycles. The molecule has 0 aliphatic rings. The average molecular weight is 225 g/mol. The van der Waals surface area contributed by atoms with Crippen LogP contribution in [0.15, 0.2) is 23.9 Å². The van der Waals surface area contributed by atoms with Gasteiger partial charge in [0.15, 0.2) is 0 Å². The van der Waals surface area contributed by atoms with Crippen molar-refractivity contribution in [2.45, 2.75) is 6.92 Å². The smallest absolute Gasteiger partial charge is 0.338 e. The van der Waals surface area contributed by atoms with Crippen molar-refractivity contribution in [3.63, 3.8) is 0 Å². The maximum atomic E-state index is 13.0. The molecule has 5 nitrogen and oxygen atoms in total. The van der Waals surface area contributed by atoms with Crippen LogP contribution >= 0.6 is 0 Å². The van der Waals surface area contributed by atoms with Gasteiger partial charge in [0.2, 0.25) is 5.70 Å². The average Bonchev–Trinajstić information content (AvgIpc) is 2.20. The fourth-order valence-electron chi connectivity index (χ4n) is 1.09. The second-order valence-electron chi connectivity index (χ2n) is 3.09. The molecule has 0 atom stereocenters. The molecule has 0 aliphatic carbocycles. The number of halogens is 1. The highest BCUT2D eigenvalue weighted by Crippen LogP contribution is 2.13. The monoisotopic (exact) mass is 225 g/mol. The van der Waals surface area contributed by atoms with E-state index in [9.17, 15) is 19.3 Å². The SMILES string of the molecule is C/C(=C\c1ccc(F)c(C(=O)O)c1)[N+](=O)[O-]. The minimum Gasteiger partial charge on any atom is -0.478 e. The highest BCUT2D eigenvalue weighted by Gasteiger charge is 2.11. The van der Waals surface area contributed by atoms with E-state index < -0.39 is 22.3 Å². The van der Waals surface area contributed by atoms with Gasteiger partial charge in [0.1, 0.15) is 5.82 Å². The van der Waals surface area contributed by atoms with Gasteiger partial charge in [0.25, 0.3) is 0 Å². The van der Waals surface area contributed by atoms with Crippen LogP contribution in [0.3, 0.4) is 0 Å². The van der Waals surface area contributed by atoms with Crippen molar-refractivity contribution in [1.29, 1.82) is 0 Å². The van der Waals surface area contributed by atoms with Crippen LogP contribution in [-0.2, 0) is 0 Å². The Hall–Kier alpha value is -2.24. The number of carboxylic acid groups (broad SMARTS) is 1. The predicted molar refractivity (Wildman–Crippen MR) is 54.0 cm³/mol. The summed E-state index contributed by atoms with van der Waals surface area (Å²) >= 11 is 0. The second kappa shape index (κ2) is 4.52. The number of hydrogen-bond donors (Lipinski definition) is 1. The van der Waals surface area contributed by atoms with Crippen LogP contribution in [-0.4, -0.2) is 16.0 Å². The van der Waals surface area contributed by atoms with Crippen molar-refractivity contribution in [1.82, 2.24) is 0 Å². The van der Waals surface area contributed by atoms with Gasteiger partial charge in [0.05, 0.1) is 10.5 Å². The standard InChI is InChI=1S/C10H8FNO4/c1-6(12(15)16)4-7-2-3-9(11)8(5-7)10(13)14/h2-5H,1H3,(H,13,14)/b6-4+. The molecule has 0 saturated heterocycles. The summed E-state index contributed by atoms with van der Waals surface area (Å²) < 4.78 is 13.0. The molecule has 1 aromatic carbocycles. The zero-order valence-electron chi connectivity index (χ0n) is 8.31. The van der Waals surface area contributed by atoms with Crippen LogP contribution in [0.2, 0.25) is 0 Å². The summed E-state index contributed by atoms with van der Waals surface area (Å²) in [4.78, 5) is 20.3. The summed E-state index contributed by atoms with van der Waals surface area (Å²) in [6.07, 6.45) is 1.17. The Morgan fingerprint density at radius 3 is 2.69 bits per heavy atom. The molecule has 84 valence electrons. The number of nitro groups is 1. The van der Waals surface area contributed by atoms with Crippen LogP contribution in [0.4, 0.5) is 4.39 Å². The summed E-state index contributed by atoms with van der Waals surface area (Å²) in [5.41, 5.74) is -0.388. The lowest BCUT2D eigenvalue weighted by molar-refractivity contribution is -0.422. The molecule has 1 rings (SSSR count). The number of allylic oxidation sites excluding steroid dienone is 1. The third kappa shape index (κ3) is 2.63. The van der Waals surface area contributed by atoms with E-state index in [1.165, 1.54) is 19.1 Å². The number of carbonyl (C=O) groups is 1. The first-order chi connectivity index (χ1) is 7.41. The Kier molecular flexibility index (Phi) is 3.34. The number of nitrogens with zero attached hydrogens (tertiary/aromatic N) is 1. The number of aromatic carboxylic acids is 1. The van der Waals surface area contributed by atoms with Crippen LogP contribution in [0, 0.1) is 15.9 Å². The molecule has 16 heavy (non-hydrogen) atoms. The van der Waals surface area contributed by atoms with Crippen molar-refractivity contribution in [2.24, 2.45) is 0 Å². The number of rotatable bonds is 3. The molecule has 0 fully saturated rings. The molecular formula is C10H8FNO4. The summed E-state index contributed by atoms with van der Waals surface area (Å²) in [6.45, 7) is 1.27. The molecule has 0 heterocycles.